The fourth-order valence-electron chi connectivity index (χ4n) is 2.69. The molecule has 0 radical (unpaired) electrons. The number of piperidine rings is 1. The van der Waals surface area contributed by atoms with Gasteiger partial charge in [0, 0.05) is 18.0 Å². The molecule has 2 atom stereocenters. The van der Waals surface area contributed by atoms with Crippen LogP contribution in [0.25, 0.3) is 0 Å². The molecule has 0 bridgehead atoms. The number of hydrogen-bond acceptors (Lipinski definition) is 2. The Hall–Kier alpha value is -1.42. The van der Waals surface area contributed by atoms with Gasteiger partial charge in [0.15, 0.2) is 0 Å². The van der Waals surface area contributed by atoms with Gasteiger partial charge in [0.25, 0.3) is 0 Å². The highest BCUT2D eigenvalue weighted by molar-refractivity contribution is 5.76. The number of hydrogen-bond donors (Lipinski definition) is 2. The monoisotopic (exact) mass is 278 g/mol. The van der Waals surface area contributed by atoms with E-state index < -0.39 is 0 Å². The highest BCUT2D eigenvalue weighted by Crippen LogP contribution is 2.17. The van der Waals surface area contributed by atoms with E-state index in [-0.39, 0.29) is 17.8 Å². The van der Waals surface area contributed by atoms with Crippen molar-refractivity contribution < 1.29 is 9.18 Å². The maximum atomic E-state index is 13.6. The molecule has 1 amide bonds. The molecule has 0 aliphatic carbocycles. The average Bonchev–Trinajstić information content (AvgIpc) is 2.46. The molecular formula is C16H23FN2O. The molecule has 1 aromatic rings. The van der Waals surface area contributed by atoms with E-state index in [9.17, 15) is 9.18 Å². The highest BCUT2D eigenvalue weighted by Gasteiger charge is 2.16. The van der Waals surface area contributed by atoms with Crippen molar-refractivity contribution >= 4 is 5.91 Å². The van der Waals surface area contributed by atoms with Crippen LogP contribution in [0.2, 0.25) is 0 Å². The quantitative estimate of drug-likeness (QED) is 0.869. The van der Waals surface area contributed by atoms with Crippen molar-refractivity contribution in [1.82, 2.24) is 10.6 Å². The summed E-state index contributed by atoms with van der Waals surface area (Å²) < 4.78 is 13.6. The molecule has 1 saturated heterocycles. The molecule has 20 heavy (non-hydrogen) atoms. The van der Waals surface area contributed by atoms with Crippen LogP contribution >= 0.6 is 0 Å². The van der Waals surface area contributed by atoms with E-state index in [1.54, 1.807) is 18.2 Å². The van der Waals surface area contributed by atoms with E-state index in [2.05, 4.69) is 10.6 Å². The van der Waals surface area contributed by atoms with Gasteiger partial charge in [-0.15, -0.1) is 0 Å². The first-order valence-corrected chi connectivity index (χ1v) is 7.44. The van der Waals surface area contributed by atoms with Crippen molar-refractivity contribution in [3.05, 3.63) is 35.6 Å². The second kappa shape index (κ2) is 7.39. The van der Waals surface area contributed by atoms with Gasteiger partial charge in [0.2, 0.25) is 5.91 Å². The summed E-state index contributed by atoms with van der Waals surface area (Å²) in [4.78, 5) is 11.9. The molecule has 2 N–H and O–H groups in total. The zero-order valence-electron chi connectivity index (χ0n) is 12.0. The third-order valence-corrected chi connectivity index (χ3v) is 3.88. The van der Waals surface area contributed by atoms with Crippen molar-refractivity contribution in [3.8, 4) is 0 Å². The third-order valence-electron chi connectivity index (χ3n) is 3.88. The van der Waals surface area contributed by atoms with E-state index in [4.69, 9.17) is 0 Å². The second-order valence-corrected chi connectivity index (χ2v) is 5.50. The molecule has 2 unspecified atom stereocenters. The highest BCUT2D eigenvalue weighted by atomic mass is 19.1. The number of carbonyl (C=O) groups is 1. The topological polar surface area (TPSA) is 41.1 Å². The molecule has 1 fully saturated rings. The third kappa shape index (κ3) is 4.30. The molecule has 0 spiro atoms. The van der Waals surface area contributed by atoms with Crippen LogP contribution in [-0.2, 0) is 4.79 Å². The fourth-order valence-corrected chi connectivity index (χ4v) is 2.69. The number of carbonyl (C=O) groups excluding carboxylic acids is 1. The van der Waals surface area contributed by atoms with Gasteiger partial charge >= 0.3 is 0 Å². The average molecular weight is 278 g/mol. The zero-order valence-corrected chi connectivity index (χ0v) is 12.0. The minimum absolute atomic E-state index is 0.00636. The van der Waals surface area contributed by atoms with Crippen molar-refractivity contribution in [2.75, 3.05) is 6.54 Å². The number of benzene rings is 1. The molecule has 1 aliphatic heterocycles. The lowest BCUT2D eigenvalue weighted by Crippen LogP contribution is -2.35. The molecule has 110 valence electrons. The Morgan fingerprint density at radius 1 is 1.45 bits per heavy atom. The lowest BCUT2D eigenvalue weighted by atomic mass is 10.00. The summed E-state index contributed by atoms with van der Waals surface area (Å²) in [5.74, 6) is -0.276. The minimum Gasteiger partial charge on any atom is -0.349 e. The molecule has 4 heteroatoms. The molecule has 1 aromatic carbocycles. The predicted molar refractivity (Wildman–Crippen MR) is 77.8 cm³/mol. The Bertz CT molecular complexity index is 444. The van der Waals surface area contributed by atoms with Crippen LogP contribution in [-0.4, -0.2) is 18.5 Å². The number of amides is 1. The molecule has 3 nitrogen and oxygen atoms in total. The first-order valence-electron chi connectivity index (χ1n) is 7.44. The Morgan fingerprint density at radius 3 is 2.95 bits per heavy atom. The van der Waals surface area contributed by atoms with Gasteiger partial charge < -0.3 is 10.6 Å². The molecule has 1 aliphatic rings. The maximum Gasteiger partial charge on any atom is 0.220 e. The zero-order chi connectivity index (χ0) is 14.4. The van der Waals surface area contributed by atoms with E-state index in [0.717, 1.165) is 19.4 Å². The molecule has 0 aromatic heterocycles. The Morgan fingerprint density at radius 2 is 2.25 bits per heavy atom. The summed E-state index contributed by atoms with van der Waals surface area (Å²) in [5.41, 5.74) is 0.539. The summed E-state index contributed by atoms with van der Waals surface area (Å²) in [6.45, 7) is 2.87. The lowest BCUT2D eigenvalue weighted by molar-refractivity contribution is -0.122. The first-order chi connectivity index (χ1) is 9.66. The van der Waals surface area contributed by atoms with Gasteiger partial charge in [-0.05, 0) is 38.8 Å². The van der Waals surface area contributed by atoms with Crippen LogP contribution in [0.1, 0.15) is 50.6 Å². The molecule has 0 saturated carbocycles. The van der Waals surface area contributed by atoms with Crippen LogP contribution in [0, 0.1) is 5.82 Å². The van der Waals surface area contributed by atoms with E-state index in [0.29, 0.717) is 18.0 Å². The van der Waals surface area contributed by atoms with Gasteiger partial charge in [-0.3, -0.25) is 4.79 Å². The number of halogens is 1. The van der Waals surface area contributed by atoms with Gasteiger partial charge in [-0.25, -0.2) is 4.39 Å². The predicted octanol–water partition coefficient (Wildman–Crippen LogP) is 2.93. The largest absolute Gasteiger partial charge is 0.349 e. The summed E-state index contributed by atoms with van der Waals surface area (Å²) in [6.07, 6.45) is 4.97. The van der Waals surface area contributed by atoms with Crippen molar-refractivity contribution in [1.29, 1.82) is 0 Å². The lowest BCUT2D eigenvalue weighted by Gasteiger charge is -2.23. The summed E-state index contributed by atoms with van der Waals surface area (Å²) in [5, 5.41) is 6.30. The van der Waals surface area contributed by atoms with Crippen molar-refractivity contribution in [2.45, 2.75) is 51.1 Å². The SMILES string of the molecule is CC(NC(=O)CCC1CCCCN1)c1ccccc1F. The number of nitrogens with one attached hydrogen (secondary N) is 2. The van der Waals surface area contributed by atoms with Gasteiger partial charge in [-0.1, -0.05) is 24.6 Å². The van der Waals surface area contributed by atoms with Crippen LogP contribution in [0.3, 0.4) is 0 Å². The Balaban J connectivity index is 1.77. The van der Waals surface area contributed by atoms with E-state index >= 15 is 0 Å². The summed E-state index contributed by atoms with van der Waals surface area (Å²) in [6, 6.07) is 6.74. The van der Waals surface area contributed by atoms with Crippen molar-refractivity contribution in [2.24, 2.45) is 0 Å². The Kier molecular flexibility index (Phi) is 5.53. The van der Waals surface area contributed by atoms with E-state index in [1.807, 2.05) is 6.92 Å². The molecular weight excluding hydrogens is 255 g/mol. The molecule has 1 heterocycles. The van der Waals surface area contributed by atoms with Gasteiger partial charge in [0.1, 0.15) is 5.82 Å². The van der Waals surface area contributed by atoms with E-state index in [1.165, 1.54) is 18.9 Å². The van der Waals surface area contributed by atoms with Gasteiger partial charge in [-0.2, -0.15) is 0 Å². The first kappa shape index (κ1) is 15.0. The standard InChI is InChI=1S/C16H23FN2O/c1-12(14-7-2-3-8-15(14)17)19-16(20)10-9-13-6-4-5-11-18-13/h2-3,7-8,12-13,18H,4-6,9-11H2,1H3,(H,19,20). The summed E-state index contributed by atoms with van der Waals surface area (Å²) in [7, 11) is 0. The normalized spacial score (nSPS) is 20.4. The van der Waals surface area contributed by atoms with Crippen LogP contribution in [0.4, 0.5) is 4.39 Å². The van der Waals surface area contributed by atoms with Crippen LogP contribution in [0.5, 0.6) is 0 Å². The van der Waals surface area contributed by atoms with Crippen LogP contribution < -0.4 is 10.6 Å². The molecule has 2 rings (SSSR count). The smallest absolute Gasteiger partial charge is 0.220 e. The number of rotatable bonds is 5. The van der Waals surface area contributed by atoms with Gasteiger partial charge in [0.05, 0.1) is 6.04 Å². The van der Waals surface area contributed by atoms with Crippen LogP contribution in [0.15, 0.2) is 24.3 Å². The Labute approximate surface area is 120 Å². The second-order valence-electron chi connectivity index (χ2n) is 5.50. The van der Waals surface area contributed by atoms with Crippen molar-refractivity contribution in [3.63, 3.8) is 0 Å². The minimum atomic E-state index is -0.289. The fraction of sp³-hybridized carbons (Fsp3) is 0.562. The summed E-state index contributed by atoms with van der Waals surface area (Å²) >= 11 is 0. The maximum absolute atomic E-state index is 13.6.